The predicted octanol–water partition coefficient (Wildman–Crippen LogP) is 0.633. The molecule has 2 aromatic rings. The minimum atomic E-state index is -0.0654. The lowest BCUT2D eigenvalue weighted by molar-refractivity contribution is 0.611. The monoisotopic (exact) mass is 192 g/mol. The van der Waals surface area contributed by atoms with E-state index in [1.54, 1.807) is 17.1 Å². The van der Waals surface area contributed by atoms with Gasteiger partial charge in [0.05, 0.1) is 12.4 Å². The van der Waals surface area contributed by atoms with Crippen molar-refractivity contribution >= 4 is 10.9 Å². The third-order valence-electron chi connectivity index (χ3n) is 2.24. The predicted molar refractivity (Wildman–Crippen MR) is 53.1 cm³/mol. The van der Waals surface area contributed by atoms with E-state index in [0.29, 0.717) is 18.6 Å². The zero-order valence-electron chi connectivity index (χ0n) is 8.27. The summed E-state index contributed by atoms with van der Waals surface area (Å²) in [6.45, 7) is 5.14. The second kappa shape index (κ2) is 3.25. The molecule has 0 aliphatic carbocycles. The van der Waals surface area contributed by atoms with Crippen molar-refractivity contribution in [1.82, 2.24) is 19.6 Å². The Kier molecular flexibility index (Phi) is 2.07. The maximum atomic E-state index is 11.8. The van der Waals surface area contributed by atoms with Crippen LogP contribution in [0, 0.1) is 0 Å². The van der Waals surface area contributed by atoms with Gasteiger partial charge in [0.15, 0.2) is 0 Å². The molecular weight excluding hydrogens is 180 g/mol. The molecule has 74 valence electrons. The number of aromatic nitrogens is 4. The van der Waals surface area contributed by atoms with Crippen LogP contribution >= 0.6 is 0 Å². The number of hydrogen-bond acceptors (Lipinski definition) is 3. The second-order valence-corrected chi connectivity index (χ2v) is 3.03. The van der Waals surface area contributed by atoms with Gasteiger partial charge in [-0.05, 0) is 13.8 Å². The van der Waals surface area contributed by atoms with Crippen molar-refractivity contribution in [3.05, 3.63) is 22.7 Å². The third kappa shape index (κ3) is 1.13. The van der Waals surface area contributed by atoms with Crippen LogP contribution in [0.15, 0.2) is 17.2 Å². The summed E-state index contributed by atoms with van der Waals surface area (Å²) in [5.74, 6) is 0. The van der Waals surface area contributed by atoms with Gasteiger partial charge >= 0.3 is 0 Å². The highest BCUT2D eigenvalue weighted by atomic mass is 16.1. The fraction of sp³-hybridized carbons (Fsp3) is 0.444. The minimum Gasteiger partial charge on any atom is -0.265 e. The largest absolute Gasteiger partial charge is 0.292 e. The maximum absolute atomic E-state index is 11.8. The van der Waals surface area contributed by atoms with Gasteiger partial charge in [0.25, 0.3) is 5.56 Å². The number of fused-ring (bicyclic) bond motifs is 1. The molecule has 2 rings (SSSR count). The molecule has 0 spiro atoms. The van der Waals surface area contributed by atoms with E-state index in [0.717, 1.165) is 5.39 Å². The molecular formula is C9H12N4O. The average molecular weight is 192 g/mol. The molecule has 0 atom stereocenters. The standard InChI is InChI=1S/C9H12N4O/c1-3-12-8-7(5-10-12)6-11-13(4-2)9(8)14/h5-6H,3-4H2,1-2H3. The maximum Gasteiger partial charge on any atom is 0.292 e. The van der Waals surface area contributed by atoms with Crippen LogP contribution in [0.5, 0.6) is 0 Å². The minimum absolute atomic E-state index is 0.0654. The fourth-order valence-corrected chi connectivity index (χ4v) is 1.50. The van der Waals surface area contributed by atoms with E-state index in [2.05, 4.69) is 10.2 Å². The summed E-state index contributed by atoms with van der Waals surface area (Å²) in [7, 11) is 0. The molecule has 0 saturated heterocycles. The topological polar surface area (TPSA) is 52.7 Å². The molecule has 0 radical (unpaired) electrons. The van der Waals surface area contributed by atoms with Crippen LogP contribution in [0.2, 0.25) is 0 Å². The molecule has 14 heavy (non-hydrogen) atoms. The van der Waals surface area contributed by atoms with E-state index < -0.39 is 0 Å². The van der Waals surface area contributed by atoms with Crippen LogP contribution in [-0.4, -0.2) is 19.6 Å². The van der Waals surface area contributed by atoms with Crippen LogP contribution in [0.1, 0.15) is 13.8 Å². The Labute approximate surface area is 81.0 Å². The molecule has 0 fully saturated rings. The molecule has 0 aliphatic rings. The third-order valence-corrected chi connectivity index (χ3v) is 2.24. The van der Waals surface area contributed by atoms with Crippen molar-refractivity contribution in [3.63, 3.8) is 0 Å². The lowest BCUT2D eigenvalue weighted by Crippen LogP contribution is -2.23. The van der Waals surface area contributed by atoms with E-state index in [-0.39, 0.29) is 5.56 Å². The second-order valence-electron chi connectivity index (χ2n) is 3.03. The first kappa shape index (κ1) is 8.93. The first-order chi connectivity index (χ1) is 6.77. The van der Waals surface area contributed by atoms with Gasteiger partial charge in [-0.2, -0.15) is 10.2 Å². The van der Waals surface area contributed by atoms with Gasteiger partial charge in [0.2, 0.25) is 0 Å². The van der Waals surface area contributed by atoms with Crippen molar-refractivity contribution < 1.29 is 0 Å². The lowest BCUT2D eigenvalue weighted by atomic mass is 10.4. The smallest absolute Gasteiger partial charge is 0.265 e. The molecule has 0 N–H and O–H groups in total. The molecule has 0 aromatic carbocycles. The Balaban J connectivity index is 2.84. The van der Waals surface area contributed by atoms with E-state index in [1.807, 2.05) is 13.8 Å². The molecule has 2 heterocycles. The van der Waals surface area contributed by atoms with Crippen molar-refractivity contribution in [1.29, 1.82) is 0 Å². The first-order valence-corrected chi connectivity index (χ1v) is 4.69. The van der Waals surface area contributed by atoms with Gasteiger partial charge in [-0.3, -0.25) is 9.48 Å². The molecule has 0 bridgehead atoms. The Morgan fingerprint density at radius 2 is 1.71 bits per heavy atom. The zero-order valence-corrected chi connectivity index (χ0v) is 8.27. The summed E-state index contributed by atoms with van der Waals surface area (Å²) in [5, 5.41) is 8.94. The van der Waals surface area contributed by atoms with E-state index in [9.17, 15) is 4.79 Å². The van der Waals surface area contributed by atoms with E-state index in [4.69, 9.17) is 0 Å². The van der Waals surface area contributed by atoms with Crippen LogP contribution in [0.4, 0.5) is 0 Å². The molecule has 0 unspecified atom stereocenters. The molecule has 0 amide bonds. The van der Waals surface area contributed by atoms with Crippen molar-refractivity contribution in [2.45, 2.75) is 26.9 Å². The van der Waals surface area contributed by atoms with Gasteiger partial charge in [0, 0.05) is 18.5 Å². The van der Waals surface area contributed by atoms with E-state index >= 15 is 0 Å². The van der Waals surface area contributed by atoms with Gasteiger partial charge in [-0.15, -0.1) is 0 Å². The number of hydrogen-bond donors (Lipinski definition) is 0. The Hall–Kier alpha value is -1.65. The molecule has 5 nitrogen and oxygen atoms in total. The van der Waals surface area contributed by atoms with Crippen molar-refractivity contribution in [3.8, 4) is 0 Å². The number of rotatable bonds is 2. The zero-order chi connectivity index (χ0) is 10.1. The van der Waals surface area contributed by atoms with Gasteiger partial charge in [-0.25, -0.2) is 4.68 Å². The Morgan fingerprint density at radius 1 is 1.14 bits per heavy atom. The van der Waals surface area contributed by atoms with Crippen molar-refractivity contribution in [2.24, 2.45) is 0 Å². The SMILES string of the molecule is CCn1ncc2cnn(CC)c2c1=O. The highest BCUT2D eigenvalue weighted by molar-refractivity contribution is 5.76. The first-order valence-electron chi connectivity index (χ1n) is 4.69. The molecule has 0 aliphatic heterocycles. The average Bonchev–Trinajstić information content (AvgIpc) is 2.62. The normalized spacial score (nSPS) is 11.0. The summed E-state index contributed by atoms with van der Waals surface area (Å²) in [6.07, 6.45) is 3.35. The molecule has 2 aromatic heterocycles. The van der Waals surface area contributed by atoms with Crippen LogP contribution in [0.3, 0.4) is 0 Å². The van der Waals surface area contributed by atoms with Gasteiger partial charge in [-0.1, -0.05) is 0 Å². The number of nitrogens with zero attached hydrogens (tertiary/aromatic N) is 4. The quantitative estimate of drug-likeness (QED) is 0.701. The Bertz CT molecular complexity index is 511. The summed E-state index contributed by atoms with van der Waals surface area (Å²) in [6, 6.07) is 0. The highest BCUT2D eigenvalue weighted by Crippen LogP contribution is 2.06. The fourth-order valence-electron chi connectivity index (χ4n) is 1.50. The Morgan fingerprint density at radius 3 is 2.29 bits per heavy atom. The van der Waals surface area contributed by atoms with Gasteiger partial charge in [0.1, 0.15) is 5.52 Å². The summed E-state index contributed by atoms with van der Waals surface area (Å²) < 4.78 is 3.14. The summed E-state index contributed by atoms with van der Waals surface area (Å²) in [4.78, 5) is 11.8. The lowest BCUT2D eigenvalue weighted by Gasteiger charge is -2.01. The number of aryl methyl sites for hydroxylation is 2. The van der Waals surface area contributed by atoms with Crippen molar-refractivity contribution in [2.75, 3.05) is 0 Å². The molecule has 0 saturated carbocycles. The van der Waals surface area contributed by atoms with Crippen LogP contribution in [-0.2, 0) is 13.1 Å². The molecule has 5 heteroatoms. The summed E-state index contributed by atoms with van der Waals surface area (Å²) in [5.41, 5.74) is 0.578. The highest BCUT2D eigenvalue weighted by Gasteiger charge is 2.07. The van der Waals surface area contributed by atoms with E-state index in [1.165, 1.54) is 4.68 Å². The van der Waals surface area contributed by atoms with Crippen LogP contribution in [0.25, 0.3) is 10.9 Å². The summed E-state index contributed by atoms with van der Waals surface area (Å²) >= 11 is 0. The van der Waals surface area contributed by atoms with Gasteiger partial charge < -0.3 is 0 Å². The van der Waals surface area contributed by atoms with Crippen LogP contribution < -0.4 is 5.56 Å².